The lowest BCUT2D eigenvalue weighted by atomic mass is 10.0. The van der Waals surface area contributed by atoms with Crippen LogP contribution in [0.25, 0.3) is 11.0 Å². The van der Waals surface area contributed by atoms with E-state index >= 15 is 0 Å². The number of hydrogen-bond donors (Lipinski definition) is 2. The molecule has 3 aromatic rings. The Hall–Kier alpha value is -3.66. The van der Waals surface area contributed by atoms with Crippen LogP contribution in [0.1, 0.15) is 59.3 Å². The van der Waals surface area contributed by atoms with Gasteiger partial charge >= 0.3 is 6.09 Å². The molecule has 15 heteroatoms. The zero-order valence-electron chi connectivity index (χ0n) is 28.2. The summed E-state index contributed by atoms with van der Waals surface area (Å²) in [6.07, 6.45) is 1.33. The Morgan fingerprint density at radius 2 is 1.81 bits per heavy atom. The van der Waals surface area contributed by atoms with Crippen LogP contribution in [0.15, 0.2) is 35.2 Å². The van der Waals surface area contributed by atoms with E-state index in [-0.39, 0.29) is 18.0 Å². The molecule has 2 amide bonds. The van der Waals surface area contributed by atoms with E-state index in [4.69, 9.17) is 28.4 Å². The Morgan fingerprint density at radius 3 is 2.50 bits per heavy atom. The number of nitrogens with one attached hydrogen (secondary N) is 2. The number of hydrogen-bond acceptors (Lipinski definition) is 11. The molecular weight excluding hydrogens is 688 g/mol. The highest BCUT2D eigenvalue weighted by atomic mass is 79.9. The summed E-state index contributed by atoms with van der Waals surface area (Å²) in [4.78, 5) is 37.0. The standard InChI is InChI=1S/C33H43BrN6O8/c1-32(2,3)48-31(42)39-12-10-19(11-13-39)38-29(41)25-24-26(47-33(4,5)46-24)30(45-25)40-16-21(34)23-27(36-17-37-28(23)40)35-15-18-8-9-20(43-6)14-22(18)44-7/h8-9,14,16-17,19,24-26,30H,10-13,15H2,1-7H3,(H,38,41)(H,35,36,37)/t24-,25+,26-,30-/m1/s1. The lowest BCUT2D eigenvalue weighted by molar-refractivity contribution is -0.197. The summed E-state index contributed by atoms with van der Waals surface area (Å²) in [6, 6.07) is 5.52. The van der Waals surface area contributed by atoms with Gasteiger partial charge in [0.25, 0.3) is 5.91 Å². The number of carbonyl (C=O) groups is 2. The van der Waals surface area contributed by atoms with Crippen molar-refractivity contribution >= 4 is 44.8 Å². The summed E-state index contributed by atoms with van der Waals surface area (Å²) in [7, 11) is 3.23. The Kier molecular flexibility index (Phi) is 9.50. The minimum Gasteiger partial charge on any atom is -0.497 e. The molecule has 4 atom stereocenters. The molecular formula is C33H43BrN6O8. The van der Waals surface area contributed by atoms with E-state index in [9.17, 15) is 9.59 Å². The summed E-state index contributed by atoms with van der Waals surface area (Å²) in [6.45, 7) is 10.6. The second-order valence-electron chi connectivity index (χ2n) is 13.6. The molecule has 0 aliphatic carbocycles. The van der Waals surface area contributed by atoms with Crippen LogP contribution < -0.4 is 20.1 Å². The number of methoxy groups -OCH3 is 2. The fourth-order valence-corrected chi connectivity index (χ4v) is 6.96. The average Bonchev–Trinajstić information content (AvgIpc) is 3.66. The van der Waals surface area contributed by atoms with Gasteiger partial charge in [-0.05, 0) is 75.5 Å². The molecule has 14 nitrogen and oxygen atoms in total. The number of amides is 2. The number of fused-ring (bicyclic) bond motifs is 2. The summed E-state index contributed by atoms with van der Waals surface area (Å²) < 4.78 is 38.0. The average molecular weight is 732 g/mol. The SMILES string of the molecule is COc1ccc(CNc2ncnc3c2c(Br)cn3[C@@H]2O[C@H](C(=O)NC3CCN(C(=O)OC(C)(C)C)CC3)[C@H]3OC(C)(C)O[C@H]32)c(OC)c1. The van der Waals surface area contributed by atoms with Gasteiger partial charge in [-0.1, -0.05) is 0 Å². The number of ether oxygens (including phenoxy) is 6. The molecule has 0 saturated carbocycles. The Bertz CT molecular complexity index is 1670. The van der Waals surface area contributed by atoms with Crippen molar-refractivity contribution in [3.05, 3.63) is 40.8 Å². The van der Waals surface area contributed by atoms with Crippen LogP contribution in [-0.2, 0) is 30.3 Å². The largest absolute Gasteiger partial charge is 0.497 e. The van der Waals surface area contributed by atoms with Crippen molar-refractivity contribution in [2.24, 2.45) is 0 Å². The van der Waals surface area contributed by atoms with Crippen LogP contribution in [0.3, 0.4) is 0 Å². The number of anilines is 1. The number of likely N-dealkylation sites (tertiary alicyclic amines) is 1. The fourth-order valence-electron chi connectivity index (χ4n) is 6.37. The number of piperidine rings is 1. The van der Waals surface area contributed by atoms with Crippen molar-refractivity contribution in [3.8, 4) is 11.5 Å². The van der Waals surface area contributed by atoms with Gasteiger partial charge in [0.15, 0.2) is 18.1 Å². The summed E-state index contributed by atoms with van der Waals surface area (Å²) >= 11 is 3.70. The van der Waals surface area contributed by atoms with E-state index in [1.54, 1.807) is 19.1 Å². The molecule has 48 heavy (non-hydrogen) atoms. The van der Waals surface area contributed by atoms with E-state index in [0.717, 1.165) is 15.4 Å². The summed E-state index contributed by atoms with van der Waals surface area (Å²) in [5.74, 6) is 0.785. The van der Waals surface area contributed by atoms with Gasteiger partial charge in [-0.2, -0.15) is 0 Å². The summed E-state index contributed by atoms with van der Waals surface area (Å²) in [5, 5.41) is 7.28. The van der Waals surface area contributed by atoms with Gasteiger partial charge in [0.05, 0.1) is 19.6 Å². The molecule has 3 fully saturated rings. The van der Waals surface area contributed by atoms with Crippen molar-refractivity contribution in [2.75, 3.05) is 32.6 Å². The minimum atomic E-state index is -0.927. The molecule has 3 saturated heterocycles. The number of nitrogens with zero attached hydrogens (tertiary/aromatic N) is 4. The highest BCUT2D eigenvalue weighted by Gasteiger charge is 2.58. The number of rotatable bonds is 8. The molecule has 1 aromatic carbocycles. The normalized spacial score (nSPS) is 24.0. The lowest BCUT2D eigenvalue weighted by Crippen LogP contribution is -2.51. The predicted octanol–water partition coefficient (Wildman–Crippen LogP) is 4.76. The second kappa shape index (κ2) is 13.3. The first-order valence-electron chi connectivity index (χ1n) is 16.0. The van der Waals surface area contributed by atoms with Crippen molar-refractivity contribution in [1.29, 1.82) is 0 Å². The smallest absolute Gasteiger partial charge is 0.410 e. The zero-order valence-corrected chi connectivity index (χ0v) is 29.8. The molecule has 0 bridgehead atoms. The number of benzene rings is 1. The highest BCUT2D eigenvalue weighted by Crippen LogP contribution is 2.45. The molecule has 5 heterocycles. The first kappa shape index (κ1) is 34.2. The Morgan fingerprint density at radius 1 is 1.08 bits per heavy atom. The Balaban J connectivity index is 1.18. The van der Waals surface area contributed by atoms with Gasteiger partial charge in [-0.3, -0.25) is 4.79 Å². The number of carbonyl (C=O) groups excluding carboxylic acids is 2. The van der Waals surface area contributed by atoms with E-state index in [2.05, 4.69) is 36.5 Å². The van der Waals surface area contributed by atoms with Crippen LogP contribution >= 0.6 is 15.9 Å². The van der Waals surface area contributed by atoms with Gasteiger partial charge in [-0.25, -0.2) is 14.8 Å². The van der Waals surface area contributed by atoms with Crippen LogP contribution in [0.5, 0.6) is 11.5 Å². The number of halogens is 1. The second-order valence-corrected chi connectivity index (χ2v) is 14.5. The van der Waals surface area contributed by atoms with Gasteiger partial charge < -0.3 is 48.5 Å². The monoisotopic (exact) mass is 730 g/mol. The third-order valence-corrected chi connectivity index (χ3v) is 9.16. The van der Waals surface area contributed by atoms with Gasteiger partial charge in [0.2, 0.25) is 0 Å². The van der Waals surface area contributed by atoms with Crippen LogP contribution in [0.4, 0.5) is 10.6 Å². The Labute approximate surface area is 287 Å². The van der Waals surface area contributed by atoms with E-state index in [1.165, 1.54) is 6.33 Å². The molecule has 0 radical (unpaired) electrons. The molecule has 2 aromatic heterocycles. The third-order valence-electron chi connectivity index (χ3n) is 8.56. The van der Waals surface area contributed by atoms with Crippen molar-refractivity contribution in [1.82, 2.24) is 24.8 Å². The molecule has 2 N–H and O–H groups in total. The topological polar surface area (TPSA) is 148 Å². The van der Waals surface area contributed by atoms with Crippen molar-refractivity contribution in [2.45, 2.75) is 96.0 Å². The van der Waals surface area contributed by atoms with Gasteiger partial charge in [0.1, 0.15) is 47.1 Å². The van der Waals surface area contributed by atoms with Crippen molar-refractivity contribution < 1.29 is 38.0 Å². The van der Waals surface area contributed by atoms with E-state index < -0.39 is 35.9 Å². The molecule has 0 unspecified atom stereocenters. The van der Waals surface area contributed by atoms with Crippen LogP contribution in [-0.4, -0.2) is 94.5 Å². The van der Waals surface area contributed by atoms with Crippen molar-refractivity contribution in [3.63, 3.8) is 0 Å². The molecule has 0 spiro atoms. The minimum absolute atomic E-state index is 0.125. The maximum Gasteiger partial charge on any atom is 0.410 e. The van der Waals surface area contributed by atoms with E-state index in [0.29, 0.717) is 55.4 Å². The van der Waals surface area contributed by atoms with Crippen LogP contribution in [0.2, 0.25) is 0 Å². The highest BCUT2D eigenvalue weighted by molar-refractivity contribution is 9.10. The first-order valence-corrected chi connectivity index (χ1v) is 16.8. The first-order chi connectivity index (χ1) is 22.8. The predicted molar refractivity (Wildman–Crippen MR) is 179 cm³/mol. The van der Waals surface area contributed by atoms with E-state index in [1.807, 2.05) is 63.6 Å². The quantitative estimate of drug-likeness (QED) is 0.331. The lowest BCUT2D eigenvalue weighted by Gasteiger charge is -2.34. The molecule has 6 rings (SSSR count). The molecule has 260 valence electrons. The third kappa shape index (κ3) is 7.05. The number of aromatic nitrogens is 3. The molecule has 3 aliphatic heterocycles. The molecule has 3 aliphatic rings. The summed E-state index contributed by atoms with van der Waals surface area (Å²) in [5.41, 5.74) is 0.946. The maximum absolute atomic E-state index is 13.7. The maximum atomic E-state index is 13.7. The fraction of sp³-hybridized carbons (Fsp3) is 0.576. The van der Waals surface area contributed by atoms with Crippen LogP contribution in [0, 0.1) is 0 Å². The zero-order chi connectivity index (χ0) is 34.4. The van der Waals surface area contributed by atoms with Gasteiger partial charge in [0, 0.05) is 48.0 Å². The van der Waals surface area contributed by atoms with Gasteiger partial charge in [-0.15, -0.1) is 0 Å².